The molecule has 1 N–H and O–H groups in total. The first-order valence-corrected chi connectivity index (χ1v) is 6.76. The smallest absolute Gasteiger partial charge is 0.260 e. The molecule has 1 aliphatic rings. The van der Waals surface area contributed by atoms with Gasteiger partial charge in [-0.1, -0.05) is 0 Å². The van der Waals surface area contributed by atoms with Crippen LogP contribution in [0.2, 0.25) is 0 Å². The molecular formula is C15H17N3O3. The number of rotatable bonds is 5. The number of carbonyl (C=O) groups excluding carboxylic acids is 2. The van der Waals surface area contributed by atoms with Crippen molar-refractivity contribution in [2.45, 2.75) is 19.3 Å². The minimum absolute atomic E-state index is 0.0189. The van der Waals surface area contributed by atoms with Crippen molar-refractivity contribution in [2.24, 2.45) is 0 Å². The van der Waals surface area contributed by atoms with Crippen LogP contribution in [-0.4, -0.2) is 36.9 Å². The summed E-state index contributed by atoms with van der Waals surface area (Å²) in [5.74, 6) is 0.452. The molecule has 0 aliphatic carbocycles. The zero-order valence-electron chi connectivity index (χ0n) is 11.9. The Labute approximate surface area is 123 Å². The second-order valence-electron chi connectivity index (χ2n) is 4.88. The Kier molecular flexibility index (Phi) is 4.77. The highest BCUT2D eigenvalue weighted by Crippen LogP contribution is 2.26. The molecule has 6 nitrogen and oxygen atoms in total. The number of nitriles is 1. The summed E-state index contributed by atoms with van der Waals surface area (Å²) in [5.41, 5.74) is 1.81. The summed E-state index contributed by atoms with van der Waals surface area (Å²) in [6.45, 7) is 0.335. The molecule has 0 bridgehead atoms. The van der Waals surface area contributed by atoms with Gasteiger partial charge in [-0.3, -0.25) is 9.59 Å². The molecular weight excluding hydrogens is 270 g/mol. The number of hydrogen-bond donors (Lipinski definition) is 1. The number of ether oxygens (including phenoxy) is 1. The van der Waals surface area contributed by atoms with Crippen LogP contribution in [-0.2, 0) is 16.0 Å². The van der Waals surface area contributed by atoms with Gasteiger partial charge in [-0.25, -0.2) is 0 Å². The Bertz CT molecular complexity index is 592. The van der Waals surface area contributed by atoms with Gasteiger partial charge in [-0.2, -0.15) is 5.26 Å². The van der Waals surface area contributed by atoms with E-state index in [0.717, 1.165) is 11.3 Å². The largest absolute Gasteiger partial charge is 0.484 e. The standard InChI is InChI=1S/C15H17N3O3/c1-18(8-2-7-16)15(20)10-21-12-4-5-13-11(9-12)3-6-14(19)17-13/h4-5,9H,2-3,6,8,10H2,1H3,(H,17,19). The van der Waals surface area contributed by atoms with Crippen molar-refractivity contribution in [3.63, 3.8) is 0 Å². The summed E-state index contributed by atoms with van der Waals surface area (Å²) < 4.78 is 5.47. The molecule has 0 saturated carbocycles. The van der Waals surface area contributed by atoms with Crippen molar-refractivity contribution in [3.8, 4) is 11.8 Å². The first kappa shape index (κ1) is 14.9. The molecule has 6 heteroatoms. The van der Waals surface area contributed by atoms with Gasteiger partial charge in [0.15, 0.2) is 6.61 Å². The van der Waals surface area contributed by atoms with E-state index in [1.54, 1.807) is 19.2 Å². The van der Waals surface area contributed by atoms with E-state index in [4.69, 9.17) is 10.00 Å². The molecule has 0 aromatic heterocycles. The monoisotopic (exact) mass is 287 g/mol. The van der Waals surface area contributed by atoms with E-state index in [1.165, 1.54) is 4.90 Å². The van der Waals surface area contributed by atoms with E-state index >= 15 is 0 Å². The lowest BCUT2D eigenvalue weighted by atomic mass is 10.0. The number of benzene rings is 1. The van der Waals surface area contributed by atoms with Crippen LogP contribution in [0.15, 0.2) is 18.2 Å². The number of hydrogen-bond acceptors (Lipinski definition) is 4. The highest BCUT2D eigenvalue weighted by molar-refractivity contribution is 5.94. The minimum atomic E-state index is -0.170. The van der Waals surface area contributed by atoms with E-state index in [2.05, 4.69) is 5.32 Å². The third-order valence-corrected chi connectivity index (χ3v) is 3.32. The molecule has 1 aromatic carbocycles. The summed E-state index contributed by atoms with van der Waals surface area (Å²) in [7, 11) is 1.64. The number of fused-ring (bicyclic) bond motifs is 1. The number of carbonyl (C=O) groups is 2. The third-order valence-electron chi connectivity index (χ3n) is 3.32. The predicted molar refractivity (Wildman–Crippen MR) is 76.8 cm³/mol. The van der Waals surface area contributed by atoms with Crippen LogP contribution in [0, 0.1) is 11.3 Å². The fraction of sp³-hybridized carbons (Fsp3) is 0.400. The van der Waals surface area contributed by atoms with Gasteiger partial charge in [0.25, 0.3) is 5.91 Å². The van der Waals surface area contributed by atoms with Crippen molar-refractivity contribution in [1.82, 2.24) is 4.90 Å². The van der Waals surface area contributed by atoms with E-state index in [0.29, 0.717) is 31.6 Å². The second kappa shape index (κ2) is 6.75. The molecule has 0 unspecified atom stereocenters. The Morgan fingerprint density at radius 1 is 1.48 bits per heavy atom. The van der Waals surface area contributed by atoms with Gasteiger partial charge in [0, 0.05) is 25.7 Å². The lowest BCUT2D eigenvalue weighted by Crippen LogP contribution is -2.32. The molecule has 0 fully saturated rings. The molecule has 0 saturated heterocycles. The number of nitrogens with zero attached hydrogens (tertiary/aromatic N) is 2. The first-order valence-electron chi connectivity index (χ1n) is 6.76. The number of amides is 2. The zero-order chi connectivity index (χ0) is 15.2. The van der Waals surface area contributed by atoms with E-state index in [1.807, 2.05) is 12.1 Å². The predicted octanol–water partition coefficient (Wildman–Crippen LogP) is 1.32. The normalized spacial score (nSPS) is 12.9. The Balaban J connectivity index is 1.91. The molecule has 1 aromatic rings. The lowest BCUT2D eigenvalue weighted by Gasteiger charge is -2.19. The summed E-state index contributed by atoms with van der Waals surface area (Å²) in [5, 5.41) is 11.3. The minimum Gasteiger partial charge on any atom is -0.484 e. The fourth-order valence-electron chi connectivity index (χ4n) is 2.05. The van der Waals surface area contributed by atoms with Gasteiger partial charge in [0.2, 0.25) is 5.91 Å². The average molecular weight is 287 g/mol. The zero-order valence-corrected chi connectivity index (χ0v) is 11.9. The summed E-state index contributed by atoms with van der Waals surface area (Å²) in [4.78, 5) is 24.5. The van der Waals surface area contributed by atoms with Gasteiger partial charge in [0.05, 0.1) is 12.5 Å². The molecule has 0 atom stereocenters. The highest BCUT2D eigenvalue weighted by Gasteiger charge is 2.15. The quantitative estimate of drug-likeness (QED) is 0.885. The molecule has 0 radical (unpaired) electrons. The summed E-state index contributed by atoms with van der Waals surface area (Å²) >= 11 is 0. The molecule has 1 aliphatic heterocycles. The maximum absolute atomic E-state index is 11.8. The Morgan fingerprint density at radius 3 is 3.05 bits per heavy atom. The Hall–Kier alpha value is -2.55. The topological polar surface area (TPSA) is 82.4 Å². The van der Waals surface area contributed by atoms with E-state index in [9.17, 15) is 9.59 Å². The molecule has 2 amide bonds. The van der Waals surface area contributed by atoms with Crippen LogP contribution in [0.5, 0.6) is 5.75 Å². The van der Waals surface area contributed by atoms with Crippen LogP contribution in [0.1, 0.15) is 18.4 Å². The summed E-state index contributed by atoms with van der Waals surface area (Å²) in [6.07, 6.45) is 1.45. The second-order valence-corrected chi connectivity index (χ2v) is 4.88. The van der Waals surface area contributed by atoms with Crippen LogP contribution < -0.4 is 10.1 Å². The molecule has 0 spiro atoms. The van der Waals surface area contributed by atoms with Gasteiger partial charge >= 0.3 is 0 Å². The third kappa shape index (κ3) is 3.96. The number of nitrogens with one attached hydrogen (secondary N) is 1. The number of likely N-dealkylation sites (N-methyl/N-ethyl adjacent to an activating group) is 1. The van der Waals surface area contributed by atoms with E-state index in [-0.39, 0.29) is 18.4 Å². The van der Waals surface area contributed by atoms with Crippen LogP contribution >= 0.6 is 0 Å². The molecule has 21 heavy (non-hydrogen) atoms. The molecule has 110 valence electrons. The SMILES string of the molecule is CN(CCC#N)C(=O)COc1ccc2c(c1)CCC(=O)N2. The number of aryl methyl sites for hydroxylation is 1. The summed E-state index contributed by atoms with van der Waals surface area (Å²) in [6, 6.07) is 7.35. The van der Waals surface area contributed by atoms with Gasteiger partial charge in [-0.05, 0) is 30.2 Å². The first-order chi connectivity index (χ1) is 10.1. The van der Waals surface area contributed by atoms with E-state index < -0.39 is 0 Å². The molecule has 1 heterocycles. The van der Waals surface area contributed by atoms with Crippen molar-refractivity contribution < 1.29 is 14.3 Å². The van der Waals surface area contributed by atoms with Crippen molar-refractivity contribution >= 4 is 17.5 Å². The van der Waals surface area contributed by atoms with Gasteiger partial charge in [-0.15, -0.1) is 0 Å². The van der Waals surface area contributed by atoms with Crippen molar-refractivity contribution in [1.29, 1.82) is 5.26 Å². The maximum Gasteiger partial charge on any atom is 0.260 e. The van der Waals surface area contributed by atoms with Gasteiger partial charge in [0.1, 0.15) is 5.75 Å². The number of anilines is 1. The van der Waals surface area contributed by atoms with Crippen LogP contribution in [0.25, 0.3) is 0 Å². The fourth-order valence-corrected chi connectivity index (χ4v) is 2.05. The van der Waals surface area contributed by atoms with Crippen molar-refractivity contribution in [3.05, 3.63) is 23.8 Å². The van der Waals surface area contributed by atoms with Crippen molar-refractivity contribution in [2.75, 3.05) is 25.5 Å². The highest BCUT2D eigenvalue weighted by atomic mass is 16.5. The Morgan fingerprint density at radius 2 is 2.29 bits per heavy atom. The average Bonchev–Trinajstić information content (AvgIpc) is 2.50. The van der Waals surface area contributed by atoms with Gasteiger partial charge < -0.3 is 15.0 Å². The molecule has 2 rings (SSSR count). The van der Waals surface area contributed by atoms with Crippen LogP contribution in [0.3, 0.4) is 0 Å². The maximum atomic E-state index is 11.8. The van der Waals surface area contributed by atoms with Crippen LogP contribution in [0.4, 0.5) is 5.69 Å². The lowest BCUT2D eigenvalue weighted by molar-refractivity contribution is -0.132.